The Bertz CT molecular complexity index is 514. The molecule has 0 saturated heterocycles. The first kappa shape index (κ1) is 17.5. The van der Waals surface area contributed by atoms with Gasteiger partial charge in [0, 0.05) is 10.4 Å². The molecule has 0 aliphatic carbocycles. The molecule has 4 nitrogen and oxygen atoms in total. The number of hydrogen-bond donors (Lipinski definition) is 1. The van der Waals surface area contributed by atoms with Crippen LogP contribution in [0.4, 0.5) is 4.39 Å². The van der Waals surface area contributed by atoms with Gasteiger partial charge >= 0.3 is 5.97 Å². The van der Waals surface area contributed by atoms with Crippen LogP contribution in [0.3, 0.4) is 0 Å². The standard InChI is InChI=1S/C15H20FNO3S/c1-10(14(19)17-15(2,3)4)20-13(18)9-21-12-8-6-5-7-11(12)16/h5-8,10H,9H2,1-4H3,(H,17,19)/t10-/m1/s1. The van der Waals surface area contributed by atoms with Crippen LogP contribution in [0.2, 0.25) is 0 Å². The Labute approximate surface area is 128 Å². The minimum atomic E-state index is -0.877. The third-order valence-electron chi connectivity index (χ3n) is 2.36. The first-order valence-corrected chi connectivity index (χ1v) is 7.56. The Morgan fingerprint density at radius 1 is 1.33 bits per heavy atom. The molecule has 6 heteroatoms. The van der Waals surface area contributed by atoms with Gasteiger partial charge in [0.05, 0.1) is 5.75 Å². The summed E-state index contributed by atoms with van der Waals surface area (Å²) in [5, 5.41) is 2.72. The molecule has 0 aromatic heterocycles. The second-order valence-electron chi connectivity index (χ2n) is 5.59. The number of carbonyl (C=O) groups is 2. The highest BCUT2D eigenvalue weighted by Gasteiger charge is 2.22. The zero-order valence-corrected chi connectivity index (χ0v) is 13.4. The number of esters is 1. The summed E-state index contributed by atoms with van der Waals surface area (Å²) in [6.45, 7) is 7.03. The number of amides is 1. The second-order valence-corrected chi connectivity index (χ2v) is 6.61. The quantitative estimate of drug-likeness (QED) is 0.671. The van der Waals surface area contributed by atoms with Crippen molar-refractivity contribution >= 4 is 23.6 Å². The summed E-state index contributed by atoms with van der Waals surface area (Å²) >= 11 is 1.04. The van der Waals surface area contributed by atoms with Crippen LogP contribution in [0.25, 0.3) is 0 Å². The van der Waals surface area contributed by atoms with E-state index < -0.39 is 12.1 Å². The van der Waals surface area contributed by atoms with E-state index >= 15 is 0 Å². The van der Waals surface area contributed by atoms with Gasteiger partial charge in [-0.3, -0.25) is 9.59 Å². The van der Waals surface area contributed by atoms with E-state index in [0.29, 0.717) is 4.90 Å². The first-order valence-electron chi connectivity index (χ1n) is 6.58. The number of carbonyl (C=O) groups excluding carboxylic acids is 2. The van der Waals surface area contributed by atoms with E-state index in [2.05, 4.69) is 5.32 Å². The SMILES string of the molecule is C[C@@H](OC(=O)CSc1ccccc1F)C(=O)NC(C)(C)C. The molecule has 1 aromatic carbocycles. The Kier molecular flexibility index (Phi) is 6.20. The van der Waals surface area contributed by atoms with E-state index in [9.17, 15) is 14.0 Å². The highest BCUT2D eigenvalue weighted by molar-refractivity contribution is 8.00. The number of hydrogen-bond acceptors (Lipinski definition) is 4. The average Bonchev–Trinajstić information content (AvgIpc) is 2.35. The van der Waals surface area contributed by atoms with Crippen molar-refractivity contribution in [2.45, 2.75) is 44.2 Å². The molecule has 0 heterocycles. The highest BCUT2D eigenvalue weighted by Crippen LogP contribution is 2.21. The van der Waals surface area contributed by atoms with Crippen LogP contribution in [0, 0.1) is 5.82 Å². The molecule has 0 aliphatic heterocycles. The maximum absolute atomic E-state index is 13.4. The van der Waals surface area contributed by atoms with Gasteiger partial charge in [0.1, 0.15) is 5.82 Å². The Morgan fingerprint density at radius 2 is 1.95 bits per heavy atom. The lowest BCUT2D eigenvalue weighted by Gasteiger charge is -2.23. The normalized spacial score (nSPS) is 12.6. The molecule has 21 heavy (non-hydrogen) atoms. The summed E-state index contributed by atoms with van der Waals surface area (Å²) in [6, 6.07) is 6.18. The van der Waals surface area contributed by atoms with Crippen LogP contribution in [0.1, 0.15) is 27.7 Å². The number of rotatable bonds is 5. The molecule has 0 spiro atoms. The zero-order valence-electron chi connectivity index (χ0n) is 12.6. The Morgan fingerprint density at radius 3 is 2.52 bits per heavy atom. The molecule has 0 aliphatic rings. The fourth-order valence-corrected chi connectivity index (χ4v) is 2.18. The Hall–Kier alpha value is -1.56. The maximum atomic E-state index is 13.4. The van der Waals surface area contributed by atoms with Crippen molar-refractivity contribution in [3.8, 4) is 0 Å². The summed E-state index contributed by atoms with van der Waals surface area (Å²) in [6.07, 6.45) is -0.877. The summed E-state index contributed by atoms with van der Waals surface area (Å²) in [7, 11) is 0. The molecule has 0 bridgehead atoms. The van der Waals surface area contributed by atoms with Gasteiger partial charge in [0.25, 0.3) is 5.91 Å². The summed E-state index contributed by atoms with van der Waals surface area (Å²) in [4.78, 5) is 23.8. The molecule has 1 N–H and O–H groups in total. The van der Waals surface area contributed by atoms with Gasteiger partial charge in [-0.2, -0.15) is 0 Å². The van der Waals surface area contributed by atoms with E-state index in [4.69, 9.17) is 4.74 Å². The van der Waals surface area contributed by atoms with Crippen molar-refractivity contribution in [1.29, 1.82) is 0 Å². The lowest BCUT2D eigenvalue weighted by Crippen LogP contribution is -2.46. The predicted molar refractivity (Wildman–Crippen MR) is 80.6 cm³/mol. The van der Waals surface area contributed by atoms with E-state index in [1.54, 1.807) is 18.2 Å². The molecule has 1 aromatic rings. The predicted octanol–water partition coefficient (Wildman–Crippen LogP) is 2.76. The van der Waals surface area contributed by atoms with Crippen molar-refractivity contribution in [2.24, 2.45) is 0 Å². The lowest BCUT2D eigenvalue weighted by molar-refractivity contribution is -0.152. The monoisotopic (exact) mass is 313 g/mol. The molecule has 1 amide bonds. The van der Waals surface area contributed by atoms with Crippen LogP contribution < -0.4 is 5.32 Å². The van der Waals surface area contributed by atoms with E-state index in [1.807, 2.05) is 20.8 Å². The molecule has 0 fully saturated rings. The van der Waals surface area contributed by atoms with Crippen LogP contribution >= 0.6 is 11.8 Å². The molecule has 0 unspecified atom stereocenters. The molecule has 1 rings (SSSR count). The topological polar surface area (TPSA) is 55.4 Å². The average molecular weight is 313 g/mol. The summed E-state index contributed by atoms with van der Waals surface area (Å²) in [5.74, 6) is -1.34. The van der Waals surface area contributed by atoms with Crippen molar-refractivity contribution < 1.29 is 18.7 Å². The highest BCUT2D eigenvalue weighted by atomic mass is 32.2. The van der Waals surface area contributed by atoms with E-state index in [0.717, 1.165) is 11.8 Å². The zero-order chi connectivity index (χ0) is 16.0. The largest absolute Gasteiger partial charge is 0.452 e. The summed E-state index contributed by atoms with van der Waals surface area (Å²) < 4.78 is 18.4. The van der Waals surface area contributed by atoms with Crippen molar-refractivity contribution in [3.05, 3.63) is 30.1 Å². The number of halogens is 1. The Balaban J connectivity index is 2.43. The minimum Gasteiger partial charge on any atom is -0.452 e. The van der Waals surface area contributed by atoms with Crippen molar-refractivity contribution in [2.75, 3.05) is 5.75 Å². The fourth-order valence-electron chi connectivity index (χ4n) is 1.45. The molecule has 1 atom stereocenters. The van der Waals surface area contributed by atoms with Gasteiger partial charge in [0.2, 0.25) is 0 Å². The van der Waals surface area contributed by atoms with E-state index in [-0.39, 0.29) is 23.0 Å². The molecule has 0 saturated carbocycles. The molecular weight excluding hydrogens is 293 g/mol. The van der Waals surface area contributed by atoms with Gasteiger partial charge < -0.3 is 10.1 Å². The van der Waals surface area contributed by atoms with Crippen LogP contribution in [-0.2, 0) is 14.3 Å². The third kappa shape index (κ3) is 6.62. The molecule has 116 valence electrons. The lowest BCUT2D eigenvalue weighted by atomic mass is 10.1. The van der Waals surface area contributed by atoms with Crippen LogP contribution in [0.15, 0.2) is 29.2 Å². The van der Waals surface area contributed by atoms with Gasteiger partial charge in [-0.25, -0.2) is 4.39 Å². The minimum absolute atomic E-state index is 0.0475. The number of thioether (sulfide) groups is 1. The second kappa shape index (κ2) is 7.45. The smallest absolute Gasteiger partial charge is 0.317 e. The van der Waals surface area contributed by atoms with Gasteiger partial charge in [0.15, 0.2) is 6.10 Å². The van der Waals surface area contributed by atoms with Crippen molar-refractivity contribution in [1.82, 2.24) is 5.32 Å². The summed E-state index contributed by atoms with van der Waals surface area (Å²) in [5.41, 5.74) is -0.389. The molecule has 0 radical (unpaired) electrons. The first-order chi connectivity index (χ1) is 9.69. The van der Waals surface area contributed by atoms with Crippen LogP contribution in [-0.4, -0.2) is 29.3 Å². The third-order valence-corrected chi connectivity index (χ3v) is 3.38. The maximum Gasteiger partial charge on any atom is 0.317 e. The van der Waals surface area contributed by atoms with Gasteiger partial charge in [-0.1, -0.05) is 12.1 Å². The van der Waals surface area contributed by atoms with Gasteiger partial charge in [-0.05, 0) is 39.8 Å². The number of ether oxygens (including phenoxy) is 1. The van der Waals surface area contributed by atoms with E-state index in [1.165, 1.54) is 13.0 Å². The number of nitrogens with one attached hydrogen (secondary N) is 1. The van der Waals surface area contributed by atoms with Crippen molar-refractivity contribution in [3.63, 3.8) is 0 Å². The molecular formula is C15H20FNO3S. The van der Waals surface area contributed by atoms with Gasteiger partial charge in [-0.15, -0.1) is 11.8 Å². The fraction of sp³-hybridized carbons (Fsp3) is 0.467. The van der Waals surface area contributed by atoms with Crippen LogP contribution in [0.5, 0.6) is 0 Å². The number of benzene rings is 1.